The van der Waals surface area contributed by atoms with E-state index < -0.39 is 5.76 Å². The molecule has 0 saturated heterocycles. The first kappa shape index (κ1) is 16.1. The first-order valence-corrected chi connectivity index (χ1v) is 8.07. The highest BCUT2D eigenvalue weighted by Gasteiger charge is 2.08. The maximum absolute atomic E-state index is 12.0. The van der Waals surface area contributed by atoms with E-state index in [4.69, 9.17) is 4.42 Å². The molecule has 24 heavy (non-hydrogen) atoms. The third-order valence-corrected chi connectivity index (χ3v) is 4.04. The van der Waals surface area contributed by atoms with Crippen molar-refractivity contribution in [1.82, 2.24) is 4.57 Å². The second-order valence-electron chi connectivity index (χ2n) is 5.85. The summed E-state index contributed by atoms with van der Waals surface area (Å²) in [6.07, 6.45) is 3.28. The number of hydrogen-bond donors (Lipinski definition) is 1. The molecule has 2 aromatic carbocycles. The number of rotatable bonds is 6. The lowest BCUT2D eigenvalue weighted by molar-refractivity contribution is -0.116. The molecular weight excluding hydrogens is 304 g/mol. The minimum absolute atomic E-state index is 0.0177. The van der Waals surface area contributed by atoms with E-state index in [1.165, 1.54) is 10.1 Å². The summed E-state index contributed by atoms with van der Waals surface area (Å²) in [5, 5.41) is 2.87. The summed E-state index contributed by atoms with van der Waals surface area (Å²) in [6, 6.07) is 15.5. The summed E-state index contributed by atoms with van der Waals surface area (Å²) in [5.41, 5.74) is 3.15. The summed E-state index contributed by atoms with van der Waals surface area (Å²) in [4.78, 5) is 23.5. The molecule has 0 aliphatic rings. The zero-order valence-corrected chi connectivity index (χ0v) is 13.6. The number of aromatic nitrogens is 1. The Hall–Kier alpha value is -2.82. The number of unbranched alkanes of at least 4 members (excludes halogenated alkanes) is 1. The van der Waals surface area contributed by atoms with Crippen LogP contribution in [-0.2, 0) is 18.3 Å². The summed E-state index contributed by atoms with van der Waals surface area (Å²) in [7, 11) is 1.64. The van der Waals surface area contributed by atoms with Gasteiger partial charge in [-0.2, -0.15) is 0 Å². The van der Waals surface area contributed by atoms with Gasteiger partial charge < -0.3 is 9.73 Å². The smallest absolute Gasteiger partial charge is 0.408 e. The fourth-order valence-corrected chi connectivity index (χ4v) is 2.69. The Morgan fingerprint density at radius 3 is 2.71 bits per heavy atom. The summed E-state index contributed by atoms with van der Waals surface area (Å²) in [5.74, 6) is -0.426. The molecule has 0 radical (unpaired) electrons. The van der Waals surface area contributed by atoms with E-state index >= 15 is 0 Å². The highest BCUT2D eigenvalue weighted by atomic mass is 16.4. The molecule has 0 saturated carbocycles. The molecule has 0 atom stereocenters. The molecule has 0 fully saturated rings. The van der Waals surface area contributed by atoms with Crippen molar-refractivity contribution in [3.63, 3.8) is 0 Å². The van der Waals surface area contributed by atoms with Crippen LogP contribution in [0, 0.1) is 0 Å². The molecule has 1 aromatic heterocycles. The predicted octanol–water partition coefficient (Wildman–Crippen LogP) is 3.48. The standard InChI is InChI=1S/C19H20N2O3/c1-21-16-13-15(11-12-17(16)24-19(21)23)20-18(22)10-6-5-9-14-7-3-2-4-8-14/h2-4,7-8,11-13H,5-6,9-10H2,1H3,(H,20,22). The minimum atomic E-state index is -0.408. The Bertz CT molecular complexity index is 894. The maximum atomic E-state index is 12.0. The van der Waals surface area contributed by atoms with Crippen LogP contribution in [0.25, 0.3) is 11.1 Å². The van der Waals surface area contributed by atoms with Gasteiger partial charge in [-0.3, -0.25) is 9.36 Å². The molecular formula is C19H20N2O3. The van der Waals surface area contributed by atoms with E-state index in [0.717, 1.165) is 19.3 Å². The van der Waals surface area contributed by atoms with E-state index in [2.05, 4.69) is 17.4 Å². The molecule has 5 nitrogen and oxygen atoms in total. The molecule has 3 rings (SSSR count). The summed E-state index contributed by atoms with van der Waals surface area (Å²) >= 11 is 0. The average molecular weight is 324 g/mol. The first-order chi connectivity index (χ1) is 11.6. The number of fused-ring (bicyclic) bond motifs is 1. The quantitative estimate of drug-likeness (QED) is 0.706. The van der Waals surface area contributed by atoms with Gasteiger partial charge in [0.05, 0.1) is 5.52 Å². The highest BCUT2D eigenvalue weighted by molar-refractivity contribution is 5.92. The van der Waals surface area contributed by atoms with Gasteiger partial charge >= 0.3 is 5.76 Å². The molecule has 124 valence electrons. The summed E-state index contributed by atoms with van der Waals surface area (Å²) in [6.45, 7) is 0. The number of aryl methyl sites for hydroxylation is 2. The van der Waals surface area contributed by atoms with Crippen LogP contribution < -0.4 is 11.1 Å². The number of carbonyl (C=O) groups excluding carboxylic acids is 1. The van der Waals surface area contributed by atoms with Gasteiger partial charge in [0.1, 0.15) is 0 Å². The highest BCUT2D eigenvalue weighted by Crippen LogP contribution is 2.18. The van der Waals surface area contributed by atoms with Crippen LogP contribution in [0.1, 0.15) is 24.8 Å². The Balaban J connectivity index is 1.51. The average Bonchev–Trinajstić information content (AvgIpc) is 2.87. The van der Waals surface area contributed by atoms with E-state index in [1.807, 2.05) is 18.2 Å². The SMILES string of the molecule is Cn1c(=O)oc2ccc(NC(=O)CCCCc3ccccc3)cc21. The zero-order valence-electron chi connectivity index (χ0n) is 13.6. The fraction of sp³-hybridized carbons (Fsp3) is 0.263. The Labute approximate surface area is 139 Å². The molecule has 1 heterocycles. The number of oxazole rings is 1. The first-order valence-electron chi connectivity index (χ1n) is 8.07. The molecule has 1 N–H and O–H groups in total. The van der Waals surface area contributed by atoms with Crippen molar-refractivity contribution < 1.29 is 9.21 Å². The van der Waals surface area contributed by atoms with Gasteiger partial charge in [-0.25, -0.2) is 4.79 Å². The van der Waals surface area contributed by atoms with Gasteiger partial charge in [-0.15, -0.1) is 0 Å². The van der Waals surface area contributed by atoms with Crippen LogP contribution >= 0.6 is 0 Å². The molecule has 0 aliphatic carbocycles. The van der Waals surface area contributed by atoms with Crippen LogP contribution in [0.3, 0.4) is 0 Å². The van der Waals surface area contributed by atoms with Gasteiger partial charge in [-0.05, 0) is 43.0 Å². The second kappa shape index (κ2) is 7.17. The number of carbonyl (C=O) groups is 1. The lowest BCUT2D eigenvalue weighted by Gasteiger charge is -2.06. The number of amides is 1. The number of anilines is 1. The van der Waals surface area contributed by atoms with Gasteiger partial charge in [0.15, 0.2) is 5.58 Å². The second-order valence-corrected chi connectivity index (χ2v) is 5.85. The van der Waals surface area contributed by atoms with Crippen molar-refractivity contribution in [2.24, 2.45) is 7.05 Å². The molecule has 1 amide bonds. The van der Waals surface area contributed by atoms with Crippen LogP contribution in [0.4, 0.5) is 5.69 Å². The van der Waals surface area contributed by atoms with Crippen molar-refractivity contribution in [2.75, 3.05) is 5.32 Å². The van der Waals surface area contributed by atoms with Crippen molar-refractivity contribution in [3.8, 4) is 0 Å². The Kier molecular flexibility index (Phi) is 4.79. The summed E-state index contributed by atoms with van der Waals surface area (Å²) < 4.78 is 6.50. The molecule has 3 aromatic rings. The van der Waals surface area contributed by atoms with Crippen molar-refractivity contribution in [2.45, 2.75) is 25.7 Å². The van der Waals surface area contributed by atoms with Crippen molar-refractivity contribution >= 4 is 22.7 Å². The fourth-order valence-electron chi connectivity index (χ4n) is 2.69. The third-order valence-electron chi connectivity index (χ3n) is 4.04. The topological polar surface area (TPSA) is 64.2 Å². The Morgan fingerprint density at radius 1 is 1.12 bits per heavy atom. The molecule has 5 heteroatoms. The maximum Gasteiger partial charge on any atom is 0.419 e. The van der Waals surface area contributed by atoms with Crippen LogP contribution in [0.5, 0.6) is 0 Å². The monoisotopic (exact) mass is 324 g/mol. The minimum Gasteiger partial charge on any atom is -0.408 e. The third kappa shape index (κ3) is 3.74. The van der Waals surface area contributed by atoms with Crippen LogP contribution in [0.2, 0.25) is 0 Å². The molecule has 0 aliphatic heterocycles. The largest absolute Gasteiger partial charge is 0.419 e. The van der Waals surface area contributed by atoms with Crippen molar-refractivity contribution in [1.29, 1.82) is 0 Å². The van der Waals surface area contributed by atoms with E-state index in [0.29, 0.717) is 23.2 Å². The molecule has 0 bridgehead atoms. The van der Waals surface area contributed by atoms with E-state index in [1.54, 1.807) is 25.2 Å². The number of hydrogen-bond acceptors (Lipinski definition) is 3. The molecule has 0 unspecified atom stereocenters. The lowest BCUT2D eigenvalue weighted by atomic mass is 10.1. The van der Waals surface area contributed by atoms with Gasteiger partial charge in [0.25, 0.3) is 0 Å². The van der Waals surface area contributed by atoms with Crippen molar-refractivity contribution in [3.05, 3.63) is 64.6 Å². The lowest BCUT2D eigenvalue weighted by Crippen LogP contribution is -2.11. The Morgan fingerprint density at radius 2 is 1.92 bits per heavy atom. The predicted molar refractivity (Wildman–Crippen MR) is 94.1 cm³/mol. The number of nitrogens with zero attached hydrogens (tertiary/aromatic N) is 1. The van der Waals surface area contributed by atoms with E-state index in [9.17, 15) is 9.59 Å². The zero-order chi connectivity index (χ0) is 16.9. The van der Waals surface area contributed by atoms with Gasteiger partial charge in [-0.1, -0.05) is 30.3 Å². The normalized spacial score (nSPS) is 10.9. The van der Waals surface area contributed by atoms with Crippen LogP contribution in [0.15, 0.2) is 57.7 Å². The number of benzene rings is 2. The number of nitrogens with one attached hydrogen (secondary N) is 1. The van der Waals surface area contributed by atoms with Gasteiger partial charge in [0, 0.05) is 19.2 Å². The van der Waals surface area contributed by atoms with Gasteiger partial charge in [0.2, 0.25) is 5.91 Å². The van der Waals surface area contributed by atoms with Crippen LogP contribution in [-0.4, -0.2) is 10.5 Å². The molecule has 0 spiro atoms. The van der Waals surface area contributed by atoms with E-state index in [-0.39, 0.29) is 5.91 Å².